The summed E-state index contributed by atoms with van der Waals surface area (Å²) in [6, 6.07) is 7.22. The van der Waals surface area contributed by atoms with Gasteiger partial charge in [0.25, 0.3) is 5.91 Å². The van der Waals surface area contributed by atoms with E-state index >= 15 is 0 Å². The molecule has 7 nitrogen and oxygen atoms in total. The van der Waals surface area contributed by atoms with Crippen molar-refractivity contribution in [2.24, 2.45) is 21.7 Å². The zero-order valence-electron chi connectivity index (χ0n) is 24.0. The van der Waals surface area contributed by atoms with Crippen molar-refractivity contribution in [2.45, 2.75) is 110 Å². The summed E-state index contributed by atoms with van der Waals surface area (Å²) in [5.74, 6) is 0.322. The minimum absolute atomic E-state index is 0.0352. The first-order valence-electron chi connectivity index (χ1n) is 14.4. The lowest BCUT2D eigenvalue weighted by Crippen LogP contribution is -2.53. The van der Waals surface area contributed by atoms with Crippen LogP contribution in [0.1, 0.15) is 108 Å². The number of amidine groups is 1. The first kappa shape index (κ1) is 27.2. The van der Waals surface area contributed by atoms with Crippen molar-refractivity contribution in [3.05, 3.63) is 35.4 Å². The number of carboxylic acid groups (broad SMARTS) is 1. The molecule has 0 unspecified atom stereocenters. The van der Waals surface area contributed by atoms with E-state index in [1.165, 1.54) is 0 Å². The Bertz CT molecular complexity index is 1090. The van der Waals surface area contributed by atoms with Gasteiger partial charge in [0.2, 0.25) is 0 Å². The molecule has 0 radical (unpaired) electrons. The van der Waals surface area contributed by atoms with Gasteiger partial charge in [0.1, 0.15) is 5.66 Å². The number of amides is 1. The van der Waals surface area contributed by atoms with Crippen LogP contribution in [-0.4, -0.2) is 63.6 Å². The molecule has 1 saturated carbocycles. The van der Waals surface area contributed by atoms with E-state index in [2.05, 4.69) is 51.3 Å². The van der Waals surface area contributed by atoms with Crippen molar-refractivity contribution in [2.75, 3.05) is 13.2 Å². The van der Waals surface area contributed by atoms with Crippen LogP contribution in [0.4, 0.5) is 0 Å². The Morgan fingerprint density at radius 2 is 1.79 bits per heavy atom. The Labute approximate surface area is 227 Å². The fourth-order valence-electron chi connectivity index (χ4n) is 7.03. The lowest BCUT2D eigenvalue weighted by atomic mass is 9.69. The normalized spacial score (nSPS) is 30.3. The number of likely N-dealkylation sites (tertiary alicyclic amines) is 1. The molecule has 0 aromatic heterocycles. The number of aliphatic imine (C=N–C) groups is 1. The van der Waals surface area contributed by atoms with Crippen LogP contribution in [0.15, 0.2) is 29.3 Å². The highest BCUT2D eigenvalue weighted by Gasteiger charge is 2.55. The highest BCUT2D eigenvalue weighted by molar-refractivity contribution is 6.39. The maximum absolute atomic E-state index is 14.5. The monoisotopic (exact) mass is 523 g/mol. The second-order valence-electron chi connectivity index (χ2n) is 14.3. The molecule has 2 bridgehead atoms. The molecule has 5 rings (SSSR count). The molecule has 3 atom stereocenters. The third kappa shape index (κ3) is 5.11. The van der Waals surface area contributed by atoms with Gasteiger partial charge in [0.15, 0.2) is 5.84 Å². The molecular formula is C31H45N3O4. The van der Waals surface area contributed by atoms with E-state index in [-0.39, 0.29) is 40.5 Å². The van der Waals surface area contributed by atoms with Crippen LogP contribution in [-0.2, 0) is 9.53 Å². The molecule has 208 valence electrons. The molecule has 1 aromatic carbocycles. The molecule has 1 aliphatic carbocycles. The first-order valence-corrected chi connectivity index (χ1v) is 14.4. The van der Waals surface area contributed by atoms with E-state index < -0.39 is 11.6 Å². The average molecular weight is 524 g/mol. The topological polar surface area (TPSA) is 82.4 Å². The highest BCUT2D eigenvalue weighted by Crippen LogP contribution is 2.50. The number of benzene rings is 1. The van der Waals surface area contributed by atoms with Gasteiger partial charge in [0, 0.05) is 6.54 Å². The molecular weight excluding hydrogens is 478 g/mol. The fourth-order valence-corrected chi connectivity index (χ4v) is 7.03. The number of aromatic carboxylic acids is 1. The van der Waals surface area contributed by atoms with E-state index in [4.69, 9.17) is 9.73 Å². The number of fused-ring (bicyclic) bond motifs is 2. The summed E-state index contributed by atoms with van der Waals surface area (Å²) in [5, 5.41) is 9.48. The summed E-state index contributed by atoms with van der Waals surface area (Å²) in [6.45, 7) is 15.1. The van der Waals surface area contributed by atoms with Crippen LogP contribution in [0.25, 0.3) is 0 Å². The van der Waals surface area contributed by atoms with Crippen LogP contribution in [0, 0.1) is 16.7 Å². The standard InChI is InChI=1S/C31H45N3O4/c1-29(2,3)14-13-25(20-7-9-21(10-8-20)28(36)37)34-27(35)26(33-18-24-17-23(33)19-38-24)32-31(34)15-11-22(12-16-31)30(4,5)6/h7-10,22-25H,11-19H2,1-6H3,(H,36,37)/t22?,23-,24-,25-,31?/m1/s1. The third-order valence-electron chi connectivity index (χ3n) is 9.38. The van der Waals surface area contributed by atoms with Crippen LogP contribution >= 0.6 is 0 Å². The van der Waals surface area contributed by atoms with Crippen molar-refractivity contribution >= 4 is 17.7 Å². The zero-order chi connectivity index (χ0) is 27.5. The van der Waals surface area contributed by atoms with Gasteiger partial charge in [-0.05, 0) is 79.4 Å². The number of carbonyl (C=O) groups excluding carboxylic acids is 1. The SMILES string of the molecule is CC(C)(C)CC[C@H](c1ccc(C(=O)O)cc1)N1C(=O)C(N2C[C@H]3C[C@@H]2CO3)=NC12CCC(C(C)(C)C)CC2. The highest BCUT2D eigenvalue weighted by atomic mass is 16.5. The van der Waals surface area contributed by atoms with Crippen molar-refractivity contribution in [3.63, 3.8) is 0 Å². The first-order chi connectivity index (χ1) is 17.8. The van der Waals surface area contributed by atoms with Gasteiger partial charge in [0.05, 0.1) is 30.4 Å². The van der Waals surface area contributed by atoms with Gasteiger partial charge in [-0.2, -0.15) is 0 Å². The Morgan fingerprint density at radius 1 is 1.13 bits per heavy atom. The van der Waals surface area contributed by atoms with E-state index in [1.807, 2.05) is 12.1 Å². The molecule has 2 saturated heterocycles. The largest absolute Gasteiger partial charge is 0.478 e. The van der Waals surface area contributed by atoms with Crippen LogP contribution in [0.5, 0.6) is 0 Å². The number of ether oxygens (including phenoxy) is 1. The van der Waals surface area contributed by atoms with E-state index in [0.717, 1.165) is 57.1 Å². The maximum Gasteiger partial charge on any atom is 0.335 e. The second-order valence-corrected chi connectivity index (χ2v) is 14.3. The number of carbonyl (C=O) groups is 2. The lowest BCUT2D eigenvalue weighted by Gasteiger charge is -2.47. The smallest absolute Gasteiger partial charge is 0.335 e. The summed E-state index contributed by atoms with van der Waals surface area (Å²) < 4.78 is 5.85. The fraction of sp³-hybridized carbons (Fsp3) is 0.710. The summed E-state index contributed by atoms with van der Waals surface area (Å²) in [4.78, 5) is 35.7. The van der Waals surface area contributed by atoms with Gasteiger partial charge >= 0.3 is 5.97 Å². The molecule has 4 aliphatic rings. The second kappa shape index (κ2) is 9.65. The number of morpholine rings is 1. The molecule has 1 aromatic rings. The maximum atomic E-state index is 14.5. The number of rotatable bonds is 5. The molecule has 3 aliphatic heterocycles. The predicted octanol–water partition coefficient (Wildman–Crippen LogP) is 5.90. The van der Waals surface area contributed by atoms with E-state index in [9.17, 15) is 14.7 Å². The van der Waals surface area contributed by atoms with Crippen molar-refractivity contribution < 1.29 is 19.4 Å². The molecule has 1 N–H and O–H groups in total. The number of hydrogen-bond donors (Lipinski definition) is 1. The average Bonchev–Trinajstić information content (AvgIpc) is 3.54. The third-order valence-corrected chi connectivity index (χ3v) is 9.38. The minimum atomic E-state index is -0.936. The number of nitrogens with zero attached hydrogens (tertiary/aromatic N) is 3. The molecule has 1 spiro atoms. The summed E-state index contributed by atoms with van der Waals surface area (Å²) in [5.41, 5.74) is 1.04. The Balaban J connectivity index is 1.53. The number of carboxylic acids is 1. The van der Waals surface area contributed by atoms with Gasteiger partial charge in [-0.25, -0.2) is 9.79 Å². The summed E-state index contributed by atoms with van der Waals surface area (Å²) >= 11 is 0. The van der Waals surface area contributed by atoms with Gasteiger partial charge in [-0.3, -0.25) is 4.79 Å². The van der Waals surface area contributed by atoms with Crippen molar-refractivity contribution in [1.29, 1.82) is 0 Å². The van der Waals surface area contributed by atoms with E-state index in [0.29, 0.717) is 18.4 Å². The molecule has 3 fully saturated rings. The van der Waals surface area contributed by atoms with Crippen LogP contribution in [0.3, 0.4) is 0 Å². The Hall–Kier alpha value is -2.41. The lowest BCUT2D eigenvalue weighted by molar-refractivity contribution is -0.134. The van der Waals surface area contributed by atoms with Crippen molar-refractivity contribution in [3.8, 4) is 0 Å². The molecule has 7 heteroatoms. The van der Waals surface area contributed by atoms with Gasteiger partial charge in [-0.1, -0.05) is 53.7 Å². The summed E-state index contributed by atoms with van der Waals surface area (Å²) in [6.07, 6.45) is 6.73. The minimum Gasteiger partial charge on any atom is -0.478 e. The zero-order valence-corrected chi connectivity index (χ0v) is 24.0. The van der Waals surface area contributed by atoms with Crippen LogP contribution in [0.2, 0.25) is 0 Å². The van der Waals surface area contributed by atoms with Crippen molar-refractivity contribution in [1.82, 2.24) is 9.80 Å². The van der Waals surface area contributed by atoms with Crippen LogP contribution < -0.4 is 0 Å². The molecule has 38 heavy (non-hydrogen) atoms. The predicted molar refractivity (Wildman–Crippen MR) is 148 cm³/mol. The van der Waals surface area contributed by atoms with E-state index in [1.54, 1.807) is 12.1 Å². The molecule has 1 amide bonds. The Morgan fingerprint density at radius 3 is 2.29 bits per heavy atom. The Kier molecular flexibility index (Phi) is 6.90. The van der Waals surface area contributed by atoms with Gasteiger partial charge in [-0.15, -0.1) is 0 Å². The van der Waals surface area contributed by atoms with Gasteiger partial charge < -0.3 is 19.6 Å². The summed E-state index contributed by atoms with van der Waals surface area (Å²) in [7, 11) is 0. The molecule has 3 heterocycles. The quantitative estimate of drug-likeness (QED) is 0.520. The number of hydrogen-bond acceptors (Lipinski definition) is 5.